The highest BCUT2D eigenvalue weighted by Crippen LogP contribution is 2.49. The summed E-state index contributed by atoms with van der Waals surface area (Å²) in [6.07, 6.45) is 6.72. The molecule has 2 atom stereocenters. The van der Waals surface area contributed by atoms with Crippen LogP contribution in [0.15, 0.2) is 42.0 Å². The van der Waals surface area contributed by atoms with E-state index in [1.807, 2.05) is 31.2 Å². The van der Waals surface area contributed by atoms with Gasteiger partial charge in [0.25, 0.3) is 0 Å². The van der Waals surface area contributed by atoms with Crippen molar-refractivity contribution in [1.29, 1.82) is 0 Å². The zero-order valence-electron chi connectivity index (χ0n) is 12.1. The minimum Gasteiger partial charge on any atom is -0.463 e. The number of halogens is 2. The number of ether oxygens (including phenoxy) is 1. The van der Waals surface area contributed by atoms with Gasteiger partial charge in [0.05, 0.1) is 16.7 Å². The Balaban J connectivity index is 1.93. The van der Waals surface area contributed by atoms with E-state index in [-0.39, 0.29) is 5.97 Å². The van der Waals surface area contributed by atoms with E-state index in [1.165, 1.54) is 11.6 Å². The molecule has 0 aromatic heterocycles. The van der Waals surface area contributed by atoms with Crippen LogP contribution in [0.5, 0.6) is 0 Å². The lowest BCUT2D eigenvalue weighted by Crippen LogP contribution is -1.99. The third-order valence-electron chi connectivity index (χ3n) is 3.45. The monoisotopic (exact) mass is 324 g/mol. The molecular formula is C17H18Cl2O2. The Morgan fingerprint density at radius 3 is 2.81 bits per heavy atom. The molecule has 0 bridgehead atoms. The molecule has 4 heteroatoms. The molecule has 1 aliphatic carbocycles. The molecule has 1 aromatic rings. The molecule has 0 aliphatic heterocycles. The van der Waals surface area contributed by atoms with Gasteiger partial charge in [-0.1, -0.05) is 41.4 Å². The van der Waals surface area contributed by atoms with Crippen LogP contribution in [0, 0.1) is 5.92 Å². The van der Waals surface area contributed by atoms with Crippen LogP contribution in [0.1, 0.15) is 31.7 Å². The van der Waals surface area contributed by atoms with Gasteiger partial charge in [-0.2, -0.15) is 0 Å². The zero-order chi connectivity index (χ0) is 15.4. The number of benzene rings is 1. The van der Waals surface area contributed by atoms with E-state index < -0.39 is 0 Å². The Bertz CT molecular complexity index is 590. The number of allylic oxidation sites excluding steroid dienone is 3. The fraction of sp³-hybridized carbons (Fsp3) is 0.353. The fourth-order valence-electron chi connectivity index (χ4n) is 2.25. The highest BCUT2D eigenvalue weighted by molar-refractivity contribution is 6.42. The summed E-state index contributed by atoms with van der Waals surface area (Å²) in [5, 5.41) is 1.18. The van der Waals surface area contributed by atoms with Gasteiger partial charge in [0.15, 0.2) is 0 Å². The average Bonchev–Trinajstić information content (AvgIpc) is 3.19. The Morgan fingerprint density at radius 2 is 2.14 bits per heavy atom. The highest BCUT2D eigenvalue weighted by atomic mass is 35.5. The summed E-state index contributed by atoms with van der Waals surface area (Å²) in [6.45, 7) is 4.08. The van der Waals surface area contributed by atoms with Gasteiger partial charge >= 0.3 is 5.97 Å². The third-order valence-corrected chi connectivity index (χ3v) is 4.19. The van der Waals surface area contributed by atoms with Crippen LogP contribution in [0.4, 0.5) is 0 Å². The summed E-state index contributed by atoms with van der Waals surface area (Å²) in [5.41, 5.74) is 2.11. The summed E-state index contributed by atoms with van der Waals surface area (Å²) >= 11 is 12.0. The van der Waals surface area contributed by atoms with Crippen molar-refractivity contribution in [3.8, 4) is 0 Å². The summed E-state index contributed by atoms with van der Waals surface area (Å²) in [6, 6.07) is 5.79. The molecule has 0 saturated heterocycles. The van der Waals surface area contributed by atoms with Crippen LogP contribution in [0.25, 0.3) is 0 Å². The first-order valence-electron chi connectivity index (χ1n) is 6.99. The van der Waals surface area contributed by atoms with E-state index in [1.54, 1.807) is 6.92 Å². The minimum absolute atomic E-state index is 0.295. The first kappa shape index (κ1) is 16.1. The number of hydrogen-bond donors (Lipinski definition) is 0. The van der Waals surface area contributed by atoms with Crippen LogP contribution < -0.4 is 0 Å². The first-order valence-corrected chi connectivity index (χ1v) is 7.75. The summed E-state index contributed by atoms with van der Waals surface area (Å²) in [4.78, 5) is 11.3. The van der Waals surface area contributed by atoms with Gasteiger partial charge in [-0.25, -0.2) is 4.79 Å². The van der Waals surface area contributed by atoms with Crippen molar-refractivity contribution >= 4 is 29.2 Å². The van der Waals surface area contributed by atoms with Crippen molar-refractivity contribution in [2.75, 3.05) is 6.61 Å². The quantitative estimate of drug-likeness (QED) is 0.424. The molecule has 1 aliphatic rings. The molecule has 0 radical (unpaired) electrons. The molecule has 1 aromatic carbocycles. The lowest BCUT2D eigenvalue weighted by molar-refractivity contribution is -0.137. The summed E-state index contributed by atoms with van der Waals surface area (Å²) < 4.78 is 4.87. The normalized spacial score (nSPS) is 21.6. The van der Waals surface area contributed by atoms with Crippen LogP contribution in [-0.4, -0.2) is 12.6 Å². The molecule has 1 saturated carbocycles. The molecule has 0 heterocycles. The topological polar surface area (TPSA) is 26.3 Å². The number of carbonyl (C=O) groups excluding carboxylic acids is 1. The first-order chi connectivity index (χ1) is 10.0. The van der Waals surface area contributed by atoms with E-state index in [2.05, 4.69) is 6.08 Å². The van der Waals surface area contributed by atoms with Crippen molar-refractivity contribution in [3.05, 3.63) is 57.6 Å². The van der Waals surface area contributed by atoms with Crippen LogP contribution >= 0.6 is 23.2 Å². The van der Waals surface area contributed by atoms with Gasteiger partial charge in [0, 0.05) is 6.08 Å². The lowest BCUT2D eigenvalue weighted by atomic mass is 10.1. The van der Waals surface area contributed by atoms with Crippen molar-refractivity contribution in [1.82, 2.24) is 0 Å². The molecule has 2 rings (SSSR count). The molecule has 0 amide bonds. The molecule has 21 heavy (non-hydrogen) atoms. The lowest BCUT2D eigenvalue weighted by Gasteiger charge is -2.01. The van der Waals surface area contributed by atoms with E-state index in [4.69, 9.17) is 27.9 Å². The van der Waals surface area contributed by atoms with Crippen molar-refractivity contribution < 1.29 is 9.53 Å². The standard InChI is InChI=1S/C17H18Cl2O2/c1-3-21-17(20)8-11(2)4-5-12-9-14(12)13-6-7-15(18)16(19)10-13/h4-8,10,12,14H,3,9H2,1-2H3/t12-,14-/m1/s1. The van der Waals surface area contributed by atoms with Crippen LogP contribution in [-0.2, 0) is 9.53 Å². The van der Waals surface area contributed by atoms with E-state index in [0.717, 1.165) is 12.0 Å². The van der Waals surface area contributed by atoms with E-state index in [0.29, 0.717) is 28.5 Å². The van der Waals surface area contributed by atoms with Crippen molar-refractivity contribution in [3.63, 3.8) is 0 Å². The molecule has 0 unspecified atom stereocenters. The number of rotatable bonds is 5. The molecule has 0 spiro atoms. The second-order valence-corrected chi connectivity index (χ2v) is 5.99. The smallest absolute Gasteiger partial charge is 0.330 e. The van der Waals surface area contributed by atoms with E-state index in [9.17, 15) is 4.79 Å². The van der Waals surface area contributed by atoms with Gasteiger partial charge in [0.1, 0.15) is 0 Å². The average molecular weight is 325 g/mol. The number of hydrogen-bond acceptors (Lipinski definition) is 2. The van der Waals surface area contributed by atoms with Gasteiger partial charge in [0.2, 0.25) is 0 Å². The predicted molar refractivity (Wildman–Crippen MR) is 86.8 cm³/mol. The molecular weight excluding hydrogens is 307 g/mol. The fourth-order valence-corrected chi connectivity index (χ4v) is 2.55. The second kappa shape index (κ2) is 7.15. The van der Waals surface area contributed by atoms with Crippen molar-refractivity contribution in [2.45, 2.75) is 26.2 Å². The predicted octanol–water partition coefficient (Wildman–Crippen LogP) is 5.16. The maximum atomic E-state index is 11.3. The largest absolute Gasteiger partial charge is 0.463 e. The third kappa shape index (κ3) is 4.62. The summed E-state index contributed by atoms with van der Waals surface area (Å²) in [7, 11) is 0. The maximum absolute atomic E-state index is 11.3. The van der Waals surface area contributed by atoms with Gasteiger partial charge in [-0.3, -0.25) is 0 Å². The molecule has 112 valence electrons. The Labute approximate surface area is 135 Å². The molecule has 1 fully saturated rings. The summed E-state index contributed by atoms with van der Waals surface area (Å²) in [5.74, 6) is 0.690. The SMILES string of the molecule is CCOC(=O)C=C(C)C=C[C@@H]1C[C@H]1c1ccc(Cl)c(Cl)c1. The Hall–Kier alpha value is -1.25. The van der Waals surface area contributed by atoms with Crippen molar-refractivity contribution in [2.24, 2.45) is 5.92 Å². The van der Waals surface area contributed by atoms with E-state index >= 15 is 0 Å². The van der Waals surface area contributed by atoms with Gasteiger partial charge in [-0.05, 0) is 55.4 Å². The van der Waals surface area contributed by atoms with Crippen LogP contribution in [0.2, 0.25) is 10.0 Å². The van der Waals surface area contributed by atoms with Gasteiger partial charge < -0.3 is 4.74 Å². The number of esters is 1. The second-order valence-electron chi connectivity index (χ2n) is 5.18. The number of carbonyl (C=O) groups is 1. The Morgan fingerprint density at radius 1 is 1.38 bits per heavy atom. The molecule has 0 N–H and O–H groups in total. The maximum Gasteiger partial charge on any atom is 0.330 e. The Kier molecular flexibility index (Phi) is 5.49. The van der Waals surface area contributed by atoms with Crippen LogP contribution in [0.3, 0.4) is 0 Å². The highest BCUT2D eigenvalue weighted by Gasteiger charge is 2.36. The zero-order valence-corrected chi connectivity index (χ0v) is 13.6. The minimum atomic E-state index is -0.295. The van der Waals surface area contributed by atoms with Gasteiger partial charge in [-0.15, -0.1) is 0 Å². The molecule has 2 nitrogen and oxygen atoms in total.